The van der Waals surface area contributed by atoms with Crippen LogP contribution >= 0.6 is 0 Å². The van der Waals surface area contributed by atoms with E-state index in [2.05, 4.69) is 19.9 Å². The first kappa shape index (κ1) is 13.7. The molecule has 3 aliphatic carbocycles. The molecule has 0 bridgehead atoms. The monoisotopic (exact) mass is 296 g/mol. The number of aryl methyl sites for hydroxylation is 1. The highest BCUT2D eigenvalue weighted by molar-refractivity contribution is 6.53. The smallest absolute Gasteiger partial charge is 0.237 e. The molecule has 2 unspecified atom stereocenters. The Morgan fingerprint density at radius 3 is 2.77 bits per heavy atom. The Balaban J connectivity index is 1.92. The fraction of sp³-hybridized carbons (Fsp3) is 0.474. The largest absolute Gasteiger partial charge is 0.463 e. The van der Waals surface area contributed by atoms with Crippen molar-refractivity contribution in [1.29, 1.82) is 0 Å². The van der Waals surface area contributed by atoms with E-state index >= 15 is 0 Å². The van der Waals surface area contributed by atoms with Crippen molar-refractivity contribution in [3.63, 3.8) is 0 Å². The van der Waals surface area contributed by atoms with Gasteiger partial charge in [0.15, 0.2) is 0 Å². The minimum atomic E-state index is -0.391. The van der Waals surface area contributed by atoms with Gasteiger partial charge >= 0.3 is 0 Å². The summed E-state index contributed by atoms with van der Waals surface area (Å²) in [6, 6.07) is 0. The van der Waals surface area contributed by atoms with Gasteiger partial charge in [0.2, 0.25) is 11.6 Å². The average molecular weight is 296 g/mol. The standard InChI is InChI=1S/C19H20O3/c1-10-9-22-18-12-6-7-13-11(5-4-8-19(13,2)3)15(12)17(21)16(20)14(10)18/h6-7,9,11,13H,4-5,8H2,1-3H3. The van der Waals surface area contributed by atoms with Crippen LogP contribution in [0.1, 0.15) is 54.8 Å². The van der Waals surface area contributed by atoms with E-state index in [-0.39, 0.29) is 17.1 Å². The van der Waals surface area contributed by atoms with E-state index in [1.54, 1.807) is 6.26 Å². The number of ketones is 2. The molecule has 3 aliphatic rings. The fourth-order valence-electron chi connectivity index (χ4n) is 4.53. The van der Waals surface area contributed by atoms with Gasteiger partial charge in [-0.15, -0.1) is 0 Å². The number of hydrogen-bond donors (Lipinski definition) is 0. The number of allylic oxidation sites excluding steroid dienone is 4. The van der Waals surface area contributed by atoms with Crippen LogP contribution in [0.5, 0.6) is 0 Å². The normalized spacial score (nSPS) is 29.2. The van der Waals surface area contributed by atoms with Crippen LogP contribution in [0.25, 0.3) is 5.57 Å². The Labute approximate surface area is 130 Å². The van der Waals surface area contributed by atoms with E-state index in [9.17, 15) is 9.59 Å². The van der Waals surface area contributed by atoms with Crippen molar-refractivity contribution in [3.8, 4) is 0 Å². The molecule has 22 heavy (non-hydrogen) atoms. The van der Waals surface area contributed by atoms with Crippen LogP contribution in [0.2, 0.25) is 0 Å². The molecule has 1 heterocycles. The number of furan rings is 1. The zero-order valence-corrected chi connectivity index (χ0v) is 13.2. The first-order valence-electron chi connectivity index (χ1n) is 8.01. The highest BCUT2D eigenvalue weighted by atomic mass is 16.3. The molecule has 1 aromatic heterocycles. The van der Waals surface area contributed by atoms with Crippen LogP contribution in [0.15, 0.2) is 28.4 Å². The molecule has 0 radical (unpaired) electrons. The summed E-state index contributed by atoms with van der Waals surface area (Å²) in [6.07, 6.45) is 9.06. The topological polar surface area (TPSA) is 47.3 Å². The maximum Gasteiger partial charge on any atom is 0.237 e. The van der Waals surface area contributed by atoms with E-state index < -0.39 is 5.78 Å². The second-order valence-corrected chi connectivity index (χ2v) is 7.48. The number of carbonyl (C=O) groups is 2. The summed E-state index contributed by atoms with van der Waals surface area (Å²) in [4.78, 5) is 25.3. The Morgan fingerprint density at radius 1 is 1.23 bits per heavy atom. The second kappa shape index (κ2) is 4.31. The molecule has 0 saturated heterocycles. The van der Waals surface area contributed by atoms with Crippen LogP contribution in [0.4, 0.5) is 0 Å². The van der Waals surface area contributed by atoms with E-state index in [0.29, 0.717) is 22.8 Å². The van der Waals surface area contributed by atoms with Crippen molar-refractivity contribution in [1.82, 2.24) is 0 Å². The van der Waals surface area contributed by atoms with Crippen molar-refractivity contribution in [3.05, 3.63) is 40.9 Å². The van der Waals surface area contributed by atoms with Crippen LogP contribution < -0.4 is 0 Å². The molecule has 0 aliphatic heterocycles. The highest BCUT2D eigenvalue weighted by Crippen LogP contribution is 2.52. The van der Waals surface area contributed by atoms with Crippen molar-refractivity contribution < 1.29 is 14.0 Å². The van der Waals surface area contributed by atoms with Crippen LogP contribution in [0, 0.1) is 24.2 Å². The Kier molecular flexibility index (Phi) is 2.69. The maximum atomic E-state index is 12.8. The highest BCUT2D eigenvalue weighted by Gasteiger charge is 2.47. The Bertz CT molecular complexity index is 758. The molecule has 3 nitrogen and oxygen atoms in total. The van der Waals surface area contributed by atoms with E-state index in [1.165, 1.54) is 0 Å². The lowest BCUT2D eigenvalue weighted by Crippen LogP contribution is -2.40. The number of Topliss-reactive ketones (excluding diaryl/α,β-unsaturated/α-hetero) is 2. The molecule has 0 spiro atoms. The first-order valence-corrected chi connectivity index (χ1v) is 8.01. The first-order chi connectivity index (χ1) is 10.4. The molecule has 1 fully saturated rings. The molecule has 3 heteroatoms. The van der Waals surface area contributed by atoms with Crippen molar-refractivity contribution in [2.24, 2.45) is 17.3 Å². The second-order valence-electron chi connectivity index (χ2n) is 7.48. The number of hydrogen-bond acceptors (Lipinski definition) is 3. The van der Waals surface area contributed by atoms with Crippen LogP contribution in [-0.2, 0) is 4.79 Å². The molecule has 2 atom stereocenters. The molecular formula is C19H20O3. The van der Waals surface area contributed by atoms with Gasteiger partial charge < -0.3 is 4.42 Å². The third-order valence-corrected chi connectivity index (χ3v) is 5.70. The molecular weight excluding hydrogens is 276 g/mol. The van der Waals surface area contributed by atoms with E-state index in [4.69, 9.17) is 4.42 Å². The van der Waals surface area contributed by atoms with Gasteiger partial charge in [0.05, 0.1) is 11.8 Å². The van der Waals surface area contributed by atoms with Gasteiger partial charge in [-0.25, -0.2) is 0 Å². The molecule has 1 saturated carbocycles. The summed E-state index contributed by atoms with van der Waals surface area (Å²) >= 11 is 0. The minimum Gasteiger partial charge on any atom is -0.463 e. The lowest BCUT2D eigenvalue weighted by molar-refractivity contribution is -0.112. The summed E-state index contributed by atoms with van der Waals surface area (Å²) in [6.45, 7) is 6.34. The number of carbonyl (C=O) groups excluding carboxylic acids is 2. The van der Waals surface area contributed by atoms with Crippen LogP contribution in [0.3, 0.4) is 0 Å². The summed E-state index contributed by atoms with van der Waals surface area (Å²) < 4.78 is 5.62. The number of rotatable bonds is 0. The van der Waals surface area contributed by atoms with Crippen molar-refractivity contribution in [2.75, 3.05) is 0 Å². The van der Waals surface area contributed by atoms with Gasteiger partial charge in [-0.2, -0.15) is 0 Å². The SMILES string of the molecule is Cc1coc2c1C(=O)C(=O)C1=C2C=CC2C1CCCC2(C)C. The zero-order chi connectivity index (χ0) is 15.6. The molecule has 114 valence electrons. The Morgan fingerprint density at radius 2 is 2.00 bits per heavy atom. The quantitative estimate of drug-likeness (QED) is 0.677. The third-order valence-electron chi connectivity index (χ3n) is 5.70. The van der Waals surface area contributed by atoms with E-state index in [1.807, 2.05) is 13.0 Å². The lowest BCUT2D eigenvalue weighted by Gasteiger charge is -2.45. The summed E-state index contributed by atoms with van der Waals surface area (Å²) in [5, 5.41) is 0. The van der Waals surface area contributed by atoms with Gasteiger partial charge in [-0.3, -0.25) is 9.59 Å². The van der Waals surface area contributed by atoms with Gasteiger partial charge in [0, 0.05) is 11.1 Å². The minimum absolute atomic E-state index is 0.152. The maximum absolute atomic E-state index is 12.8. The van der Waals surface area contributed by atoms with Gasteiger partial charge in [-0.05, 0) is 42.6 Å². The fourth-order valence-corrected chi connectivity index (χ4v) is 4.53. The summed E-state index contributed by atoms with van der Waals surface area (Å²) in [5.41, 5.74) is 2.92. The molecule has 0 aromatic carbocycles. The number of fused-ring (bicyclic) bond motifs is 4. The van der Waals surface area contributed by atoms with Gasteiger partial charge in [-0.1, -0.05) is 32.4 Å². The molecule has 0 amide bonds. The van der Waals surface area contributed by atoms with Gasteiger partial charge in [0.1, 0.15) is 5.76 Å². The lowest BCUT2D eigenvalue weighted by atomic mass is 9.58. The molecule has 0 N–H and O–H groups in total. The zero-order valence-electron chi connectivity index (χ0n) is 13.2. The average Bonchev–Trinajstić information content (AvgIpc) is 2.86. The third kappa shape index (κ3) is 1.62. The van der Waals surface area contributed by atoms with Crippen LogP contribution in [-0.4, -0.2) is 11.6 Å². The molecule has 4 rings (SSSR count). The summed E-state index contributed by atoms with van der Waals surface area (Å²) in [5.74, 6) is 0.366. The predicted molar refractivity (Wildman–Crippen MR) is 83.5 cm³/mol. The van der Waals surface area contributed by atoms with Crippen molar-refractivity contribution >= 4 is 17.1 Å². The van der Waals surface area contributed by atoms with Crippen molar-refractivity contribution in [2.45, 2.75) is 40.0 Å². The van der Waals surface area contributed by atoms with Gasteiger partial charge in [0.25, 0.3) is 0 Å². The Hall–Kier alpha value is -1.90. The predicted octanol–water partition coefficient (Wildman–Crippen LogP) is 4.12. The molecule has 1 aromatic rings. The van der Waals surface area contributed by atoms with E-state index in [0.717, 1.165) is 30.4 Å². The summed E-state index contributed by atoms with van der Waals surface area (Å²) in [7, 11) is 0.